The van der Waals surface area contributed by atoms with E-state index in [0.717, 1.165) is 0 Å². The molecule has 1 rings (SSSR count). The highest BCUT2D eigenvalue weighted by Gasteiger charge is 2.00. The Morgan fingerprint density at radius 1 is 1.33 bits per heavy atom. The summed E-state index contributed by atoms with van der Waals surface area (Å²) in [4.78, 5) is 0. The highest BCUT2D eigenvalue weighted by Crippen LogP contribution is 2.26. The minimum atomic E-state index is 0. The average molecular weight is 189 g/mol. The first-order valence-corrected chi connectivity index (χ1v) is 3.52. The molecular weight excluding hydrogens is 176 g/mol. The van der Waals surface area contributed by atoms with Gasteiger partial charge >= 0.3 is 0 Å². The van der Waals surface area contributed by atoms with E-state index in [4.69, 9.17) is 16.2 Å². The molecule has 3 nitrogen and oxygen atoms in total. The van der Waals surface area contributed by atoms with E-state index in [1.54, 1.807) is 12.1 Å². The van der Waals surface area contributed by atoms with Gasteiger partial charge in [0.2, 0.25) is 0 Å². The molecule has 0 fully saturated rings. The summed E-state index contributed by atoms with van der Waals surface area (Å²) in [5.74, 6) is 0.660. The Balaban J connectivity index is 0.00000121. The van der Waals surface area contributed by atoms with Crippen molar-refractivity contribution in [3.8, 4) is 5.75 Å². The molecule has 1 aromatic carbocycles. The van der Waals surface area contributed by atoms with E-state index in [-0.39, 0.29) is 12.4 Å². The number of nitrogens with two attached hydrogens (primary N) is 2. The fourth-order valence-corrected chi connectivity index (χ4v) is 0.842. The summed E-state index contributed by atoms with van der Waals surface area (Å²) in [6, 6.07) is 5.36. The third-order valence-electron chi connectivity index (χ3n) is 1.40. The number of rotatable bonds is 2. The quantitative estimate of drug-likeness (QED) is 0.695. The average Bonchev–Trinajstić information content (AvgIpc) is 1.99. The predicted molar refractivity (Wildman–Crippen MR) is 53.7 cm³/mol. The minimum absolute atomic E-state index is 0. The van der Waals surface area contributed by atoms with Crippen LogP contribution in [0, 0.1) is 0 Å². The summed E-state index contributed by atoms with van der Waals surface area (Å²) in [7, 11) is 0. The Labute approximate surface area is 78.1 Å². The van der Waals surface area contributed by atoms with Gasteiger partial charge in [0, 0.05) is 0 Å². The van der Waals surface area contributed by atoms with E-state index >= 15 is 0 Å². The maximum Gasteiger partial charge on any atom is 0.144 e. The van der Waals surface area contributed by atoms with Crippen molar-refractivity contribution >= 4 is 23.8 Å². The molecule has 4 N–H and O–H groups in total. The zero-order valence-electron chi connectivity index (χ0n) is 6.91. The van der Waals surface area contributed by atoms with Crippen LogP contribution in [-0.2, 0) is 0 Å². The molecule has 0 heterocycles. The van der Waals surface area contributed by atoms with Gasteiger partial charge in [-0.1, -0.05) is 6.07 Å². The summed E-state index contributed by atoms with van der Waals surface area (Å²) >= 11 is 0. The number of halogens is 1. The van der Waals surface area contributed by atoms with Crippen molar-refractivity contribution in [3.63, 3.8) is 0 Å². The molecule has 0 spiro atoms. The smallest absolute Gasteiger partial charge is 0.144 e. The highest BCUT2D eigenvalue weighted by molar-refractivity contribution is 5.85. The lowest BCUT2D eigenvalue weighted by molar-refractivity contribution is 0.342. The van der Waals surface area contributed by atoms with Crippen LogP contribution in [0.25, 0.3) is 0 Å². The van der Waals surface area contributed by atoms with Crippen molar-refractivity contribution in [2.75, 3.05) is 18.1 Å². The van der Waals surface area contributed by atoms with E-state index in [9.17, 15) is 0 Å². The van der Waals surface area contributed by atoms with E-state index in [1.807, 2.05) is 13.0 Å². The Morgan fingerprint density at radius 2 is 2.00 bits per heavy atom. The fourth-order valence-electron chi connectivity index (χ4n) is 0.842. The third-order valence-corrected chi connectivity index (χ3v) is 1.40. The number of benzene rings is 1. The molecule has 4 heteroatoms. The second-order valence-electron chi connectivity index (χ2n) is 2.19. The first-order valence-electron chi connectivity index (χ1n) is 3.52. The van der Waals surface area contributed by atoms with Crippen molar-refractivity contribution < 1.29 is 4.74 Å². The minimum Gasteiger partial charge on any atom is -0.492 e. The molecule has 0 atom stereocenters. The number of ether oxygens (including phenoxy) is 1. The van der Waals surface area contributed by atoms with Gasteiger partial charge in [-0.25, -0.2) is 0 Å². The normalized spacial score (nSPS) is 8.75. The van der Waals surface area contributed by atoms with E-state index in [0.29, 0.717) is 23.7 Å². The molecule has 0 unspecified atom stereocenters. The van der Waals surface area contributed by atoms with E-state index in [2.05, 4.69) is 0 Å². The Bertz CT molecular complexity index is 253. The van der Waals surface area contributed by atoms with Crippen LogP contribution in [0.1, 0.15) is 6.92 Å². The van der Waals surface area contributed by atoms with E-state index in [1.165, 1.54) is 0 Å². The van der Waals surface area contributed by atoms with Crippen molar-refractivity contribution in [2.45, 2.75) is 6.92 Å². The number of hydrogen-bond acceptors (Lipinski definition) is 3. The molecule has 12 heavy (non-hydrogen) atoms. The number of anilines is 2. The molecule has 0 aromatic heterocycles. The Hall–Kier alpha value is -1.09. The molecule has 68 valence electrons. The molecule has 0 saturated heterocycles. The largest absolute Gasteiger partial charge is 0.492 e. The first-order chi connectivity index (χ1) is 5.25. The topological polar surface area (TPSA) is 61.3 Å². The fraction of sp³-hybridized carbons (Fsp3) is 0.250. The summed E-state index contributed by atoms with van der Waals surface area (Å²) < 4.78 is 5.21. The lowest BCUT2D eigenvalue weighted by Gasteiger charge is -2.07. The van der Waals surface area contributed by atoms with Gasteiger partial charge in [-0.15, -0.1) is 12.4 Å². The number of nitrogen functional groups attached to an aromatic ring is 2. The van der Waals surface area contributed by atoms with Crippen LogP contribution in [-0.4, -0.2) is 6.61 Å². The van der Waals surface area contributed by atoms with Gasteiger partial charge in [-0.2, -0.15) is 0 Å². The molecule has 0 radical (unpaired) electrons. The number of hydrogen-bond donors (Lipinski definition) is 2. The molecule has 0 aliphatic carbocycles. The maximum atomic E-state index is 5.62. The van der Waals surface area contributed by atoms with Crippen molar-refractivity contribution in [2.24, 2.45) is 0 Å². The van der Waals surface area contributed by atoms with E-state index < -0.39 is 0 Å². The lowest BCUT2D eigenvalue weighted by Crippen LogP contribution is -1.99. The molecule has 0 aliphatic rings. The zero-order chi connectivity index (χ0) is 8.27. The zero-order valence-corrected chi connectivity index (χ0v) is 7.73. The molecule has 1 aromatic rings. The van der Waals surface area contributed by atoms with Gasteiger partial charge in [-0.3, -0.25) is 0 Å². The Kier molecular flexibility index (Phi) is 4.29. The monoisotopic (exact) mass is 188 g/mol. The van der Waals surface area contributed by atoms with Crippen LogP contribution >= 0.6 is 12.4 Å². The molecule has 0 amide bonds. The first kappa shape index (κ1) is 10.9. The van der Waals surface area contributed by atoms with Gasteiger partial charge in [0.15, 0.2) is 0 Å². The summed E-state index contributed by atoms with van der Waals surface area (Å²) in [5, 5.41) is 0. The predicted octanol–water partition coefficient (Wildman–Crippen LogP) is 1.67. The summed E-state index contributed by atoms with van der Waals surface area (Å²) in [6.07, 6.45) is 0. The van der Waals surface area contributed by atoms with Gasteiger partial charge in [-0.05, 0) is 19.1 Å². The second kappa shape index (κ2) is 4.72. The standard InChI is InChI=1S/C8H12N2O.ClH/c1-2-11-7-5-3-4-6(9)8(7)10;/h3-5H,2,9-10H2,1H3;1H. The van der Waals surface area contributed by atoms with Crippen LogP contribution in [0.4, 0.5) is 11.4 Å². The summed E-state index contributed by atoms with van der Waals surface area (Å²) in [6.45, 7) is 2.51. The third kappa shape index (κ3) is 2.20. The van der Waals surface area contributed by atoms with Crippen LogP contribution in [0.2, 0.25) is 0 Å². The van der Waals surface area contributed by atoms with Crippen molar-refractivity contribution in [3.05, 3.63) is 18.2 Å². The molecule has 0 bridgehead atoms. The second-order valence-corrected chi connectivity index (χ2v) is 2.19. The Morgan fingerprint density at radius 3 is 2.58 bits per heavy atom. The summed E-state index contributed by atoms with van der Waals surface area (Å²) in [5.41, 5.74) is 12.3. The SMILES string of the molecule is CCOc1cccc(N)c1N.Cl. The van der Waals surface area contributed by atoms with Gasteiger partial charge < -0.3 is 16.2 Å². The molecule has 0 aliphatic heterocycles. The number of para-hydroxylation sites is 1. The van der Waals surface area contributed by atoms with Crippen LogP contribution in [0.3, 0.4) is 0 Å². The van der Waals surface area contributed by atoms with Crippen molar-refractivity contribution in [1.29, 1.82) is 0 Å². The highest BCUT2D eigenvalue weighted by atomic mass is 35.5. The lowest BCUT2D eigenvalue weighted by atomic mass is 10.2. The van der Waals surface area contributed by atoms with Gasteiger partial charge in [0.25, 0.3) is 0 Å². The van der Waals surface area contributed by atoms with Crippen LogP contribution in [0.5, 0.6) is 5.75 Å². The van der Waals surface area contributed by atoms with Crippen LogP contribution in [0.15, 0.2) is 18.2 Å². The molecular formula is C8H13ClN2O. The van der Waals surface area contributed by atoms with Gasteiger partial charge in [0.05, 0.1) is 18.0 Å². The molecule has 0 saturated carbocycles. The van der Waals surface area contributed by atoms with Gasteiger partial charge in [0.1, 0.15) is 5.75 Å². The van der Waals surface area contributed by atoms with Crippen LogP contribution < -0.4 is 16.2 Å². The maximum absolute atomic E-state index is 5.62. The van der Waals surface area contributed by atoms with Crippen molar-refractivity contribution in [1.82, 2.24) is 0 Å².